The van der Waals surface area contributed by atoms with Crippen LogP contribution in [0.5, 0.6) is 0 Å². The van der Waals surface area contributed by atoms with Crippen LogP contribution in [0.25, 0.3) is 0 Å². The van der Waals surface area contributed by atoms with Crippen LogP contribution in [0.2, 0.25) is 0 Å². The number of hydrogen-bond donors (Lipinski definition) is 1. The Hall–Kier alpha value is 0.1000. The minimum atomic E-state index is 0.756. The van der Waals surface area contributed by atoms with E-state index in [1.54, 1.807) is 0 Å². The molecular formula is C14H23BrN2S. The molecule has 1 atom stereocenters. The van der Waals surface area contributed by atoms with Gasteiger partial charge in [-0.05, 0) is 66.0 Å². The highest BCUT2D eigenvalue weighted by molar-refractivity contribution is 9.11. The van der Waals surface area contributed by atoms with Crippen LogP contribution in [0.1, 0.15) is 25.1 Å². The first kappa shape index (κ1) is 14.5. The molecule has 2 rings (SSSR count). The monoisotopic (exact) mass is 330 g/mol. The lowest BCUT2D eigenvalue weighted by atomic mass is 10.1. The number of nitrogens with zero attached hydrogens (tertiary/aromatic N) is 1. The lowest BCUT2D eigenvalue weighted by Crippen LogP contribution is -2.28. The number of halogens is 1. The van der Waals surface area contributed by atoms with Gasteiger partial charge in [-0.15, -0.1) is 11.3 Å². The second-order valence-corrected chi connectivity index (χ2v) is 8.20. The van der Waals surface area contributed by atoms with Gasteiger partial charge in [-0.25, -0.2) is 0 Å². The third-order valence-corrected chi connectivity index (χ3v) is 4.97. The van der Waals surface area contributed by atoms with Crippen molar-refractivity contribution in [1.29, 1.82) is 0 Å². The summed E-state index contributed by atoms with van der Waals surface area (Å²) in [6.45, 7) is 10.5. The highest BCUT2D eigenvalue weighted by Crippen LogP contribution is 2.25. The SMILES string of the molecule is CC(C)CNCC1CCN(Cc2ccc(Br)s2)C1. The van der Waals surface area contributed by atoms with E-state index in [1.807, 2.05) is 11.3 Å². The molecule has 1 N–H and O–H groups in total. The lowest BCUT2D eigenvalue weighted by Gasteiger charge is -2.15. The van der Waals surface area contributed by atoms with Crippen LogP contribution in [-0.2, 0) is 6.54 Å². The van der Waals surface area contributed by atoms with Gasteiger partial charge in [0.05, 0.1) is 3.79 Å². The van der Waals surface area contributed by atoms with Gasteiger partial charge in [0, 0.05) is 18.0 Å². The summed E-state index contributed by atoms with van der Waals surface area (Å²) >= 11 is 5.39. The molecule has 4 heteroatoms. The van der Waals surface area contributed by atoms with E-state index in [0.717, 1.165) is 24.9 Å². The molecule has 1 aromatic heterocycles. The van der Waals surface area contributed by atoms with Gasteiger partial charge in [-0.2, -0.15) is 0 Å². The third kappa shape index (κ3) is 4.65. The maximum atomic E-state index is 3.58. The Balaban J connectivity index is 1.68. The first-order chi connectivity index (χ1) is 8.63. The summed E-state index contributed by atoms with van der Waals surface area (Å²) in [7, 11) is 0. The zero-order chi connectivity index (χ0) is 13.0. The van der Waals surface area contributed by atoms with Crippen molar-refractivity contribution in [2.75, 3.05) is 26.2 Å². The predicted molar refractivity (Wildman–Crippen MR) is 83.1 cm³/mol. The van der Waals surface area contributed by atoms with Crippen molar-refractivity contribution in [3.05, 3.63) is 20.8 Å². The molecule has 2 nitrogen and oxygen atoms in total. The van der Waals surface area contributed by atoms with Crippen LogP contribution in [0.15, 0.2) is 15.9 Å². The zero-order valence-corrected chi connectivity index (χ0v) is 13.7. The summed E-state index contributed by atoms with van der Waals surface area (Å²) in [5, 5.41) is 3.58. The number of thiophene rings is 1. The van der Waals surface area contributed by atoms with Crippen molar-refractivity contribution in [1.82, 2.24) is 10.2 Å². The van der Waals surface area contributed by atoms with Gasteiger partial charge in [0.2, 0.25) is 0 Å². The van der Waals surface area contributed by atoms with Crippen LogP contribution >= 0.6 is 27.3 Å². The van der Waals surface area contributed by atoms with E-state index in [4.69, 9.17) is 0 Å². The fraction of sp³-hybridized carbons (Fsp3) is 0.714. The molecule has 0 aromatic carbocycles. The number of rotatable bonds is 6. The van der Waals surface area contributed by atoms with Gasteiger partial charge < -0.3 is 5.32 Å². The van der Waals surface area contributed by atoms with Crippen LogP contribution < -0.4 is 5.32 Å². The molecule has 1 aliphatic rings. The fourth-order valence-electron chi connectivity index (χ4n) is 2.46. The Morgan fingerprint density at radius 2 is 2.33 bits per heavy atom. The van der Waals surface area contributed by atoms with Crippen molar-refractivity contribution < 1.29 is 0 Å². The maximum Gasteiger partial charge on any atom is 0.0701 e. The van der Waals surface area contributed by atoms with E-state index in [2.05, 4.69) is 52.1 Å². The van der Waals surface area contributed by atoms with E-state index in [0.29, 0.717) is 0 Å². The summed E-state index contributed by atoms with van der Waals surface area (Å²) < 4.78 is 1.24. The second-order valence-electron chi connectivity index (χ2n) is 5.65. The topological polar surface area (TPSA) is 15.3 Å². The Kier molecular flexibility index (Phi) is 5.67. The van der Waals surface area contributed by atoms with E-state index < -0.39 is 0 Å². The third-order valence-electron chi connectivity index (χ3n) is 3.36. The summed E-state index contributed by atoms with van der Waals surface area (Å²) in [5.74, 6) is 1.60. The van der Waals surface area contributed by atoms with E-state index in [9.17, 15) is 0 Å². The number of likely N-dealkylation sites (tertiary alicyclic amines) is 1. The molecule has 102 valence electrons. The smallest absolute Gasteiger partial charge is 0.0701 e. The molecule has 0 spiro atoms. The molecule has 1 saturated heterocycles. The number of nitrogens with one attached hydrogen (secondary N) is 1. The molecule has 0 amide bonds. The standard InChI is InChI=1S/C14H23BrN2S/c1-11(2)7-16-8-12-5-6-17(9-12)10-13-3-4-14(15)18-13/h3-4,11-12,16H,5-10H2,1-2H3. The summed E-state index contributed by atoms with van der Waals surface area (Å²) in [6, 6.07) is 4.39. The molecular weight excluding hydrogens is 308 g/mol. The summed E-state index contributed by atoms with van der Waals surface area (Å²) in [6.07, 6.45) is 1.34. The first-order valence-electron chi connectivity index (χ1n) is 6.80. The van der Waals surface area contributed by atoms with Crippen LogP contribution in [-0.4, -0.2) is 31.1 Å². The van der Waals surface area contributed by atoms with Crippen molar-refractivity contribution in [2.24, 2.45) is 11.8 Å². The van der Waals surface area contributed by atoms with E-state index >= 15 is 0 Å². The molecule has 1 unspecified atom stereocenters. The Morgan fingerprint density at radius 1 is 1.50 bits per heavy atom. The lowest BCUT2D eigenvalue weighted by molar-refractivity contribution is 0.316. The van der Waals surface area contributed by atoms with Crippen molar-refractivity contribution in [2.45, 2.75) is 26.8 Å². The van der Waals surface area contributed by atoms with E-state index in [1.165, 1.54) is 34.7 Å². The average Bonchev–Trinajstić information content (AvgIpc) is 2.89. The zero-order valence-electron chi connectivity index (χ0n) is 11.3. The van der Waals surface area contributed by atoms with E-state index in [-0.39, 0.29) is 0 Å². The highest BCUT2D eigenvalue weighted by Gasteiger charge is 2.22. The Bertz CT molecular complexity index is 364. The summed E-state index contributed by atoms with van der Waals surface area (Å²) in [4.78, 5) is 4.05. The van der Waals surface area contributed by atoms with Crippen molar-refractivity contribution in [3.63, 3.8) is 0 Å². The van der Waals surface area contributed by atoms with Gasteiger partial charge in [0.25, 0.3) is 0 Å². The molecule has 18 heavy (non-hydrogen) atoms. The molecule has 0 bridgehead atoms. The molecule has 0 saturated carbocycles. The van der Waals surface area contributed by atoms with Crippen molar-refractivity contribution >= 4 is 27.3 Å². The normalized spacial score (nSPS) is 21.0. The van der Waals surface area contributed by atoms with Gasteiger partial charge in [0.1, 0.15) is 0 Å². The van der Waals surface area contributed by atoms with Gasteiger partial charge in [0.15, 0.2) is 0 Å². The molecule has 0 aliphatic carbocycles. The first-order valence-corrected chi connectivity index (χ1v) is 8.41. The molecule has 2 heterocycles. The Labute approximate surface area is 123 Å². The maximum absolute atomic E-state index is 3.58. The highest BCUT2D eigenvalue weighted by atomic mass is 79.9. The van der Waals surface area contributed by atoms with Crippen LogP contribution in [0, 0.1) is 11.8 Å². The van der Waals surface area contributed by atoms with Crippen molar-refractivity contribution in [3.8, 4) is 0 Å². The fourth-order valence-corrected chi connectivity index (χ4v) is 3.98. The van der Waals surface area contributed by atoms with Gasteiger partial charge in [-0.3, -0.25) is 4.90 Å². The second kappa shape index (κ2) is 7.04. The largest absolute Gasteiger partial charge is 0.316 e. The molecule has 0 radical (unpaired) electrons. The Morgan fingerprint density at radius 3 is 3.00 bits per heavy atom. The van der Waals surface area contributed by atoms with Gasteiger partial charge in [-0.1, -0.05) is 13.8 Å². The quantitative estimate of drug-likeness (QED) is 0.857. The minimum Gasteiger partial charge on any atom is -0.316 e. The summed E-state index contributed by atoms with van der Waals surface area (Å²) in [5.41, 5.74) is 0. The minimum absolute atomic E-state index is 0.756. The average molecular weight is 331 g/mol. The predicted octanol–water partition coefficient (Wildman–Crippen LogP) is 3.58. The molecule has 1 aromatic rings. The molecule has 1 aliphatic heterocycles. The van der Waals surface area contributed by atoms with Crippen LogP contribution in [0.3, 0.4) is 0 Å². The number of hydrogen-bond acceptors (Lipinski definition) is 3. The van der Waals surface area contributed by atoms with Gasteiger partial charge >= 0.3 is 0 Å². The molecule has 1 fully saturated rings. The van der Waals surface area contributed by atoms with Crippen LogP contribution in [0.4, 0.5) is 0 Å².